The zero-order valence-corrected chi connectivity index (χ0v) is 28.2. The van der Waals surface area contributed by atoms with Crippen molar-refractivity contribution in [3.63, 3.8) is 0 Å². The molecule has 0 amide bonds. The van der Waals surface area contributed by atoms with Gasteiger partial charge in [0.05, 0.1) is 0 Å². The normalized spacial score (nSPS) is 17.7. The van der Waals surface area contributed by atoms with Gasteiger partial charge >= 0.3 is 0 Å². The summed E-state index contributed by atoms with van der Waals surface area (Å²) in [5.41, 5.74) is 10.8. The van der Waals surface area contributed by atoms with Gasteiger partial charge in [0.15, 0.2) is 17.5 Å². The lowest BCUT2D eigenvalue weighted by Crippen LogP contribution is -2.12. The molecule has 11 rings (SSSR count). The number of aryl methyl sites for hydroxylation is 1. The topological polar surface area (TPSA) is 65.0 Å². The highest BCUT2D eigenvalue weighted by atomic mass is 16.3. The van der Waals surface area contributed by atoms with E-state index in [2.05, 4.69) is 121 Å². The third-order valence-electron chi connectivity index (χ3n) is 10.7. The highest BCUT2D eigenvalue weighted by Gasteiger charge is 2.24. The molecule has 5 nitrogen and oxygen atoms in total. The Labute approximate surface area is 299 Å². The second kappa shape index (κ2) is 11.5. The van der Waals surface area contributed by atoms with Gasteiger partial charge in [-0.1, -0.05) is 115 Å². The summed E-state index contributed by atoms with van der Waals surface area (Å²) in [7, 11) is 0. The summed E-state index contributed by atoms with van der Waals surface area (Å²) in [5, 5.41) is 4.15. The van der Waals surface area contributed by atoms with Crippen molar-refractivity contribution in [1.82, 2.24) is 15.0 Å². The molecule has 2 atom stereocenters. The van der Waals surface area contributed by atoms with E-state index < -0.39 is 0 Å². The van der Waals surface area contributed by atoms with Gasteiger partial charge in [-0.05, 0) is 71.5 Å². The van der Waals surface area contributed by atoms with E-state index in [1.807, 2.05) is 30.3 Å². The fourth-order valence-electron chi connectivity index (χ4n) is 8.16. The van der Waals surface area contributed by atoms with Gasteiger partial charge in [0, 0.05) is 50.1 Å². The summed E-state index contributed by atoms with van der Waals surface area (Å²) in [5.74, 6) is 2.50. The molecule has 0 saturated heterocycles. The van der Waals surface area contributed by atoms with Gasteiger partial charge in [0.1, 0.15) is 22.3 Å². The summed E-state index contributed by atoms with van der Waals surface area (Å²) in [6, 6.07) is 33.6. The highest BCUT2D eigenvalue weighted by molar-refractivity contribution is 6.16. The molecule has 3 aliphatic carbocycles. The van der Waals surface area contributed by atoms with Crippen LogP contribution in [0.25, 0.3) is 89.4 Å². The Morgan fingerprint density at radius 2 is 1.27 bits per heavy atom. The minimum atomic E-state index is 0.252. The van der Waals surface area contributed by atoms with Crippen LogP contribution in [0.2, 0.25) is 0 Å². The SMILES string of the molecule is C1=CC2C=CC(c3nc(-c4ccc5c(c4)CCC=C5)nc(-c4cc(-c5cccc6oc7ccccc7c56)cc5oc6ccccc6c45)n3)=CC2C=C1. The van der Waals surface area contributed by atoms with Gasteiger partial charge in [-0.2, -0.15) is 0 Å². The van der Waals surface area contributed by atoms with Crippen molar-refractivity contribution in [2.45, 2.75) is 12.8 Å². The minimum Gasteiger partial charge on any atom is -0.456 e. The molecule has 246 valence electrons. The molecule has 0 fully saturated rings. The molecule has 0 radical (unpaired) electrons. The van der Waals surface area contributed by atoms with Crippen LogP contribution in [-0.2, 0) is 6.42 Å². The Hall–Kier alpha value is -6.59. The molecule has 2 unspecified atom stereocenters. The molecule has 8 aromatic rings. The van der Waals surface area contributed by atoms with E-state index in [4.69, 9.17) is 23.8 Å². The third-order valence-corrected chi connectivity index (χ3v) is 10.7. The van der Waals surface area contributed by atoms with E-state index >= 15 is 0 Å². The van der Waals surface area contributed by atoms with Gasteiger partial charge < -0.3 is 8.83 Å². The van der Waals surface area contributed by atoms with Crippen LogP contribution in [0.1, 0.15) is 23.4 Å². The maximum atomic E-state index is 6.60. The second-order valence-electron chi connectivity index (χ2n) is 13.8. The number of aromatic nitrogens is 3. The Bertz CT molecular complexity index is 2930. The predicted molar refractivity (Wildman–Crippen MR) is 210 cm³/mol. The zero-order chi connectivity index (χ0) is 34.2. The smallest absolute Gasteiger partial charge is 0.164 e. The lowest BCUT2D eigenvalue weighted by Gasteiger charge is -2.23. The summed E-state index contributed by atoms with van der Waals surface area (Å²) in [4.78, 5) is 15.8. The summed E-state index contributed by atoms with van der Waals surface area (Å²) in [6.45, 7) is 0. The molecule has 0 aliphatic heterocycles. The highest BCUT2D eigenvalue weighted by Crippen LogP contribution is 2.43. The van der Waals surface area contributed by atoms with Crippen molar-refractivity contribution in [3.05, 3.63) is 163 Å². The lowest BCUT2D eigenvalue weighted by atomic mass is 9.83. The quantitative estimate of drug-likeness (QED) is 0.187. The monoisotopic (exact) mass is 669 g/mol. The van der Waals surface area contributed by atoms with Crippen LogP contribution in [0.4, 0.5) is 0 Å². The first-order valence-corrected chi connectivity index (χ1v) is 17.9. The first kappa shape index (κ1) is 29.2. The van der Waals surface area contributed by atoms with E-state index in [1.165, 1.54) is 11.1 Å². The number of benzene rings is 5. The molecule has 5 heteroatoms. The fraction of sp³-hybridized carbons (Fsp3) is 0.0851. The average Bonchev–Trinajstić information content (AvgIpc) is 3.78. The van der Waals surface area contributed by atoms with E-state index in [9.17, 15) is 0 Å². The van der Waals surface area contributed by atoms with E-state index in [1.54, 1.807) is 0 Å². The molecular weight excluding hydrogens is 639 g/mol. The van der Waals surface area contributed by atoms with Gasteiger partial charge in [0.2, 0.25) is 0 Å². The summed E-state index contributed by atoms with van der Waals surface area (Å²) >= 11 is 0. The van der Waals surface area contributed by atoms with Crippen LogP contribution in [0.3, 0.4) is 0 Å². The number of furan rings is 2. The van der Waals surface area contributed by atoms with E-state index in [-0.39, 0.29) is 5.92 Å². The molecule has 0 spiro atoms. The van der Waals surface area contributed by atoms with Crippen molar-refractivity contribution in [2.75, 3.05) is 0 Å². The third kappa shape index (κ3) is 4.66. The number of fused-ring (bicyclic) bond motifs is 8. The minimum absolute atomic E-state index is 0.252. The average molecular weight is 670 g/mol. The maximum Gasteiger partial charge on any atom is 0.164 e. The Morgan fingerprint density at radius 3 is 2.13 bits per heavy atom. The second-order valence-corrected chi connectivity index (χ2v) is 13.8. The first-order valence-electron chi connectivity index (χ1n) is 17.9. The maximum absolute atomic E-state index is 6.60. The van der Waals surface area contributed by atoms with Gasteiger partial charge in [0.25, 0.3) is 0 Å². The van der Waals surface area contributed by atoms with Crippen LogP contribution in [0.5, 0.6) is 0 Å². The fourth-order valence-corrected chi connectivity index (χ4v) is 8.16. The van der Waals surface area contributed by atoms with Crippen molar-refractivity contribution in [1.29, 1.82) is 0 Å². The number of hydrogen-bond donors (Lipinski definition) is 0. The van der Waals surface area contributed by atoms with Gasteiger partial charge in [-0.3, -0.25) is 0 Å². The van der Waals surface area contributed by atoms with Crippen molar-refractivity contribution < 1.29 is 8.83 Å². The molecule has 0 N–H and O–H groups in total. The molecule has 0 bridgehead atoms. The van der Waals surface area contributed by atoms with Crippen molar-refractivity contribution in [2.24, 2.45) is 11.8 Å². The van der Waals surface area contributed by atoms with Gasteiger partial charge in [-0.15, -0.1) is 0 Å². The van der Waals surface area contributed by atoms with Crippen LogP contribution >= 0.6 is 0 Å². The number of rotatable bonds is 4. The van der Waals surface area contributed by atoms with Crippen molar-refractivity contribution in [3.8, 4) is 33.9 Å². The predicted octanol–water partition coefficient (Wildman–Crippen LogP) is 11.9. The van der Waals surface area contributed by atoms with Crippen LogP contribution in [-0.4, -0.2) is 15.0 Å². The standard InChI is InChI=1S/C47H31N3O2/c1-3-12-30-24-32(22-20-28(30)10-1)45-48-46(33-23-21-29-11-2-4-13-31(29)25-33)50-47(49-45)38-26-34(27-42-44(38)37-15-6-8-18-40(37)52-42)35-16-9-19-41-43(35)36-14-5-7-17-39(36)51-41/h1-3,5-12,14-28,30H,4,13H2. The number of allylic oxidation sites excluding steroid dienone is 9. The lowest BCUT2D eigenvalue weighted by molar-refractivity contribution is 0.662. The van der Waals surface area contributed by atoms with Gasteiger partial charge in [-0.25, -0.2) is 15.0 Å². The van der Waals surface area contributed by atoms with E-state index in [0.717, 1.165) is 84.5 Å². The molecule has 3 heterocycles. The largest absolute Gasteiger partial charge is 0.456 e. The zero-order valence-electron chi connectivity index (χ0n) is 28.2. The molecule has 5 aromatic carbocycles. The number of para-hydroxylation sites is 2. The first-order chi connectivity index (χ1) is 25.7. The number of hydrogen-bond acceptors (Lipinski definition) is 5. The molecule has 52 heavy (non-hydrogen) atoms. The van der Waals surface area contributed by atoms with Crippen LogP contribution < -0.4 is 0 Å². The molecule has 0 saturated carbocycles. The van der Waals surface area contributed by atoms with Crippen LogP contribution in [0.15, 0.2) is 155 Å². The Balaban J connectivity index is 1.18. The van der Waals surface area contributed by atoms with Crippen LogP contribution in [0, 0.1) is 11.8 Å². The Morgan fingerprint density at radius 1 is 0.538 bits per heavy atom. The molecule has 3 aromatic heterocycles. The number of nitrogens with zero attached hydrogens (tertiary/aromatic N) is 3. The summed E-state index contributed by atoms with van der Waals surface area (Å²) < 4.78 is 12.9. The summed E-state index contributed by atoms with van der Waals surface area (Å²) in [6.07, 6.45) is 21.9. The molecule has 3 aliphatic rings. The Kier molecular flexibility index (Phi) is 6.44. The van der Waals surface area contributed by atoms with Crippen molar-refractivity contribution >= 4 is 55.5 Å². The molecular formula is C47H31N3O2. The van der Waals surface area contributed by atoms with E-state index in [0.29, 0.717) is 23.4 Å².